The van der Waals surface area contributed by atoms with E-state index in [0.29, 0.717) is 14.8 Å². The molecule has 0 aromatic heterocycles. The Morgan fingerprint density at radius 1 is 0.778 bits per heavy atom. The van der Waals surface area contributed by atoms with E-state index in [1.54, 1.807) is 24.9 Å². The fraction of sp³-hybridized carbons (Fsp3) is 0.250. The minimum atomic E-state index is -3.74. The molecule has 4 aromatic carbocycles. The summed E-state index contributed by atoms with van der Waals surface area (Å²) in [5.74, 6) is 0.499. The average molecular weight is 747 g/mol. The first-order valence-corrected chi connectivity index (χ1v) is 30.1. The van der Waals surface area contributed by atoms with E-state index in [4.69, 9.17) is 0 Å². The van der Waals surface area contributed by atoms with Crippen LogP contribution in [0.25, 0.3) is 33.5 Å². The van der Waals surface area contributed by atoms with Crippen molar-refractivity contribution < 1.29 is 17.4 Å². The van der Waals surface area contributed by atoms with Crippen LogP contribution in [0.3, 0.4) is 0 Å². The van der Waals surface area contributed by atoms with Gasteiger partial charge in [0.05, 0.1) is 0 Å². The Hall–Kier alpha value is -1.87. The van der Waals surface area contributed by atoms with Crippen molar-refractivity contribution in [2.45, 2.75) is 52.8 Å². The van der Waals surface area contributed by atoms with Crippen molar-refractivity contribution in [1.82, 2.24) is 0 Å². The number of thioether (sulfide) groups is 1. The monoisotopic (exact) mass is 744 g/mol. The molecule has 2 atom stereocenters. The molecule has 0 fully saturated rings. The van der Waals surface area contributed by atoms with E-state index in [0.717, 1.165) is 0 Å². The zero-order valence-electron chi connectivity index (χ0n) is 27.4. The van der Waals surface area contributed by atoms with E-state index in [-0.39, 0.29) is 24.8 Å². The molecule has 7 rings (SSSR count). The largest absolute Gasteiger partial charge is 0.147 e. The molecule has 3 aliphatic rings. The number of halogens is 2. The van der Waals surface area contributed by atoms with Crippen molar-refractivity contribution in [1.29, 1.82) is 0 Å². The van der Waals surface area contributed by atoms with Crippen molar-refractivity contribution >= 4 is 65.9 Å². The second kappa shape index (κ2) is 12.3. The average Bonchev–Trinajstić information content (AvgIpc) is 3.63. The summed E-state index contributed by atoms with van der Waals surface area (Å²) in [6.07, 6.45) is 5.17. The fourth-order valence-corrected chi connectivity index (χ4v) is 31.4. The van der Waals surface area contributed by atoms with E-state index in [2.05, 4.69) is 160 Å². The minimum Gasteiger partial charge on any atom is -0.147 e. The zero-order valence-corrected chi connectivity index (χ0v) is 33.7. The van der Waals surface area contributed by atoms with Crippen LogP contribution in [0.4, 0.5) is 0 Å². The smallest absolute Gasteiger partial charge is 0.147 e. The molecule has 1 heterocycles. The zero-order chi connectivity index (χ0) is 30.3. The molecule has 45 heavy (non-hydrogen) atoms. The van der Waals surface area contributed by atoms with Crippen LogP contribution >= 0.6 is 36.6 Å². The van der Waals surface area contributed by atoms with Gasteiger partial charge in [-0.3, -0.25) is 0 Å². The van der Waals surface area contributed by atoms with Crippen molar-refractivity contribution in [3.05, 3.63) is 138 Å². The summed E-state index contributed by atoms with van der Waals surface area (Å²) in [6.45, 7) is 14.5. The SMILES string of the molecule is CC1=Cc2c(-c3cccc4ccccc34)ccc(C)c2[CH]1[Zr]([CH3])([CH3])(=[SiH2])[C]1=C2SC(C)C(c3ccccc3)=C2C=C1C(C)C.Cl.Cl. The van der Waals surface area contributed by atoms with Gasteiger partial charge in [-0.1, -0.05) is 0 Å². The number of allylic oxidation sites excluding steroid dienone is 5. The molecule has 232 valence electrons. The predicted octanol–water partition coefficient (Wildman–Crippen LogP) is 11.8. The molecule has 0 radical (unpaired) electrons. The van der Waals surface area contributed by atoms with Crippen LogP contribution in [0.5, 0.6) is 0 Å². The van der Waals surface area contributed by atoms with Crippen LogP contribution in [-0.2, 0) is 17.4 Å². The number of hydrogen-bond donors (Lipinski definition) is 0. The van der Waals surface area contributed by atoms with Gasteiger partial charge in [0.25, 0.3) is 0 Å². The molecular weight excluding hydrogens is 703 g/mol. The molecule has 0 N–H and O–H groups in total. The van der Waals surface area contributed by atoms with Gasteiger partial charge < -0.3 is 0 Å². The quantitative estimate of drug-likeness (QED) is 0.183. The van der Waals surface area contributed by atoms with Crippen molar-refractivity contribution in [2.75, 3.05) is 0 Å². The Morgan fingerprint density at radius 3 is 2.16 bits per heavy atom. The molecule has 2 aliphatic carbocycles. The third kappa shape index (κ3) is 5.40. The standard InChI is InChI=1S/C21H17.C17H17S.2CH3.2ClH.H2Si.Zr/c1-14-12-20-15(2)10-11-19(21(20)13-14)18-9-5-7-16-6-3-4-8-17(16)18;1-11(2)14-9-15-16(10-14)18-12(3)17(15)13-7-5-4-6-8-13;;;;;;/h3-13H,1-2H3;4-9,11-12H,1-3H3;2*1H3;2*1H;1H2;. The van der Waals surface area contributed by atoms with Gasteiger partial charge in [-0.25, -0.2) is 0 Å². The Morgan fingerprint density at radius 2 is 1.44 bits per heavy atom. The Balaban J connectivity index is 0.00000200. The molecule has 2 unspecified atom stereocenters. The van der Waals surface area contributed by atoms with Gasteiger partial charge in [-0.15, -0.1) is 24.8 Å². The second-order valence-corrected chi connectivity index (χ2v) is 45.0. The van der Waals surface area contributed by atoms with Gasteiger partial charge >= 0.3 is 266 Å². The molecular formula is C40H44Cl2SSiZr. The van der Waals surface area contributed by atoms with Crippen molar-refractivity contribution in [3.63, 3.8) is 0 Å². The summed E-state index contributed by atoms with van der Waals surface area (Å²) >= 11 is -1.61. The summed E-state index contributed by atoms with van der Waals surface area (Å²) in [5.41, 5.74) is 14.8. The number of aryl methyl sites for hydroxylation is 1. The summed E-state index contributed by atoms with van der Waals surface area (Å²) in [4.78, 5) is 1.60. The maximum atomic E-state index is 2.76. The van der Waals surface area contributed by atoms with E-state index in [9.17, 15) is 0 Å². The molecule has 0 bridgehead atoms. The van der Waals surface area contributed by atoms with Crippen molar-refractivity contribution in [3.8, 4) is 11.1 Å². The van der Waals surface area contributed by atoms with Crippen LogP contribution in [0.15, 0.2) is 116 Å². The number of benzene rings is 4. The normalized spacial score (nSPS) is 19.3. The Labute approximate surface area is 288 Å². The van der Waals surface area contributed by atoms with Gasteiger partial charge in [0.1, 0.15) is 0 Å². The molecule has 1 aliphatic heterocycles. The maximum absolute atomic E-state index is 3.74. The second-order valence-electron chi connectivity index (χ2n) is 14.3. The van der Waals surface area contributed by atoms with Crippen LogP contribution in [0.1, 0.15) is 53.6 Å². The Kier molecular flexibility index (Phi) is 9.42. The van der Waals surface area contributed by atoms with Gasteiger partial charge in [0, 0.05) is 0 Å². The topological polar surface area (TPSA) is 0 Å². The number of fused-ring (bicyclic) bond motifs is 3. The predicted molar refractivity (Wildman–Crippen MR) is 206 cm³/mol. The Bertz CT molecular complexity index is 2040. The first-order chi connectivity index (χ1) is 20.5. The summed E-state index contributed by atoms with van der Waals surface area (Å²) in [5, 5.41) is 3.11. The maximum Gasteiger partial charge on any atom is -0.147 e. The van der Waals surface area contributed by atoms with E-state index in [1.165, 1.54) is 49.7 Å². The van der Waals surface area contributed by atoms with Crippen LogP contribution in [-0.4, -0.2) is 12.1 Å². The van der Waals surface area contributed by atoms with Gasteiger partial charge in [0.15, 0.2) is 0 Å². The van der Waals surface area contributed by atoms with Gasteiger partial charge in [0.2, 0.25) is 0 Å². The summed E-state index contributed by atoms with van der Waals surface area (Å²) in [7, 11) is 0. The summed E-state index contributed by atoms with van der Waals surface area (Å²) < 4.78 is 7.78. The molecule has 0 spiro atoms. The van der Waals surface area contributed by atoms with E-state index < -0.39 is 17.4 Å². The first-order valence-electron chi connectivity index (χ1n) is 15.8. The van der Waals surface area contributed by atoms with E-state index in [1.807, 2.05) is 0 Å². The van der Waals surface area contributed by atoms with E-state index >= 15 is 0 Å². The third-order valence-electron chi connectivity index (χ3n) is 10.2. The number of rotatable bonds is 5. The van der Waals surface area contributed by atoms with Crippen LogP contribution < -0.4 is 0 Å². The molecule has 5 heteroatoms. The van der Waals surface area contributed by atoms with Gasteiger partial charge in [-0.05, 0) is 0 Å². The fourth-order valence-electron chi connectivity index (χ4n) is 8.50. The van der Waals surface area contributed by atoms with Crippen LogP contribution in [0, 0.1) is 12.8 Å². The minimum absolute atomic E-state index is 0. The molecule has 0 amide bonds. The molecule has 0 saturated carbocycles. The van der Waals surface area contributed by atoms with Crippen LogP contribution in [0.2, 0.25) is 9.26 Å². The number of hydrogen-bond acceptors (Lipinski definition) is 1. The molecule has 4 aromatic rings. The van der Waals surface area contributed by atoms with Crippen molar-refractivity contribution in [2.24, 2.45) is 5.92 Å². The van der Waals surface area contributed by atoms with Gasteiger partial charge in [-0.2, -0.15) is 0 Å². The molecule has 0 nitrogen and oxygen atoms in total. The first kappa shape index (κ1) is 34.5. The third-order valence-corrected chi connectivity index (χ3v) is 28.1. The summed E-state index contributed by atoms with van der Waals surface area (Å²) in [6, 6.07) is 31.5. The molecule has 0 saturated heterocycles.